The molecule has 0 aliphatic carbocycles. The SMILES string of the molecule is CCc1c(S)ccc(O)c1C. The molecule has 0 amide bonds. The molecule has 1 aromatic rings. The van der Waals surface area contributed by atoms with Crippen molar-refractivity contribution in [2.75, 3.05) is 0 Å². The van der Waals surface area contributed by atoms with E-state index in [-0.39, 0.29) is 0 Å². The second kappa shape index (κ2) is 3.18. The van der Waals surface area contributed by atoms with Crippen molar-refractivity contribution in [3.63, 3.8) is 0 Å². The van der Waals surface area contributed by atoms with E-state index in [4.69, 9.17) is 0 Å². The number of phenols is 1. The fourth-order valence-corrected chi connectivity index (χ4v) is 1.58. The summed E-state index contributed by atoms with van der Waals surface area (Å²) < 4.78 is 0. The van der Waals surface area contributed by atoms with Gasteiger partial charge in [0.25, 0.3) is 0 Å². The largest absolute Gasteiger partial charge is 0.508 e. The van der Waals surface area contributed by atoms with E-state index in [1.165, 1.54) is 0 Å². The van der Waals surface area contributed by atoms with Gasteiger partial charge in [-0.1, -0.05) is 6.92 Å². The molecule has 1 aromatic carbocycles. The van der Waals surface area contributed by atoms with Crippen LogP contribution in [0.4, 0.5) is 0 Å². The summed E-state index contributed by atoms with van der Waals surface area (Å²) in [5.41, 5.74) is 2.08. The first-order valence-corrected chi connectivity index (χ1v) is 4.12. The molecule has 0 saturated heterocycles. The highest BCUT2D eigenvalue weighted by molar-refractivity contribution is 7.80. The lowest BCUT2D eigenvalue weighted by atomic mass is 10.1. The maximum absolute atomic E-state index is 9.32. The second-order valence-corrected chi connectivity index (χ2v) is 3.04. The van der Waals surface area contributed by atoms with Gasteiger partial charge in [-0.05, 0) is 36.6 Å². The fourth-order valence-electron chi connectivity index (χ4n) is 1.18. The molecule has 1 rings (SSSR count). The molecule has 0 aliphatic heterocycles. The van der Waals surface area contributed by atoms with Crippen LogP contribution >= 0.6 is 12.6 Å². The molecule has 0 heterocycles. The number of hydrogen-bond acceptors (Lipinski definition) is 2. The van der Waals surface area contributed by atoms with E-state index in [2.05, 4.69) is 19.6 Å². The minimum absolute atomic E-state index is 0.361. The maximum atomic E-state index is 9.32. The van der Waals surface area contributed by atoms with Gasteiger partial charge in [0.1, 0.15) is 5.75 Å². The van der Waals surface area contributed by atoms with E-state index in [0.717, 1.165) is 22.4 Å². The highest BCUT2D eigenvalue weighted by Gasteiger charge is 2.03. The first-order chi connectivity index (χ1) is 5.16. The summed E-state index contributed by atoms with van der Waals surface area (Å²) in [5.74, 6) is 0.361. The van der Waals surface area contributed by atoms with Crippen LogP contribution in [0.3, 0.4) is 0 Å². The third kappa shape index (κ3) is 1.51. The van der Waals surface area contributed by atoms with Gasteiger partial charge in [-0.3, -0.25) is 0 Å². The molecular formula is C9H12OS. The van der Waals surface area contributed by atoms with Crippen molar-refractivity contribution in [3.05, 3.63) is 23.3 Å². The Morgan fingerprint density at radius 3 is 2.55 bits per heavy atom. The molecule has 0 bridgehead atoms. The van der Waals surface area contributed by atoms with Crippen molar-refractivity contribution in [1.82, 2.24) is 0 Å². The number of benzene rings is 1. The molecule has 1 nitrogen and oxygen atoms in total. The molecule has 0 spiro atoms. The van der Waals surface area contributed by atoms with Crippen molar-refractivity contribution in [2.45, 2.75) is 25.2 Å². The Bertz CT molecular complexity index is 269. The summed E-state index contributed by atoms with van der Waals surface area (Å²) in [5, 5.41) is 9.32. The third-order valence-electron chi connectivity index (χ3n) is 1.90. The summed E-state index contributed by atoms with van der Waals surface area (Å²) in [4.78, 5) is 0.961. The molecule has 0 radical (unpaired) electrons. The Hall–Kier alpha value is -0.630. The van der Waals surface area contributed by atoms with Gasteiger partial charge in [-0.15, -0.1) is 12.6 Å². The average Bonchev–Trinajstić information content (AvgIpc) is 1.99. The summed E-state index contributed by atoms with van der Waals surface area (Å²) in [6.45, 7) is 3.97. The average molecular weight is 168 g/mol. The number of hydrogen-bond donors (Lipinski definition) is 2. The number of phenolic OH excluding ortho intramolecular Hbond substituents is 1. The molecule has 0 fully saturated rings. The molecule has 0 atom stereocenters. The minimum atomic E-state index is 0.361. The third-order valence-corrected chi connectivity index (χ3v) is 2.32. The lowest BCUT2D eigenvalue weighted by Crippen LogP contribution is -1.88. The lowest BCUT2D eigenvalue weighted by molar-refractivity contribution is 0.469. The van der Waals surface area contributed by atoms with E-state index in [0.29, 0.717) is 5.75 Å². The van der Waals surface area contributed by atoms with Gasteiger partial charge in [0.05, 0.1) is 0 Å². The highest BCUT2D eigenvalue weighted by atomic mass is 32.1. The molecule has 11 heavy (non-hydrogen) atoms. The quantitative estimate of drug-likeness (QED) is 0.617. The normalized spacial score (nSPS) is 10.1. The van der Waals surface area contributed by atoms with Crippen LogP contribution in [0.25, 0.3) is 0 Å². The number of aromatic hydroxyl groups is 1. The van der Waals surface area contributed by atoms with E-state index in [9.17, 15) is 5.11 Å². The summed E-state index contributed by atoms with van der Waals surface area (Å²) >= 11 is 4.28. The van der Waals surface area contributed by atoms with Crippen molar-refractivity contribution < 1.29 is 5.11 Å². The number of rotatable bonds is 1. The molecule has 0 aromatic heterocycles. The second-order valence-electron chi connectivity index (χ2n) is 2.56. The van der Waals surface area contributed by atoms with Crippen LogP contribution in [-0.2, 0) is 6.42 Å². The van der Waals surface area contributed by atoms with E-state index < -0.39 is 0 Å². The molecule has 0 unspecified atom stereocenters. The maximum Gasteiger partial charge on any atom is 0.118 e. The molecule has 2 heteroatoms. The molecule has 0 aliphatic rings. The van der Waals surface area contributed by atoms with E-state index in [1.807, 2.05) is 13.0 Å². The molecule has 0 saturated carbocycles. The van der Waals surface area contributed by atoms with Crippen molar-refractivity contribution in [3.8, 4) is 5.75 Å². The zero-order valence-electron chi connectivity index (χ0n) is 6.76. The minimum Gasteiger partial charge on any atom is -0.508 e. The van der Waals surface area contributed by atoms with Crippen LogP contribution in [0.2, 0.25) is 0 Å². The number of thiol groups is 1. The lowest BCUT2D eigenvalue weighted by Gasteiger charge is -2.07. The first-order valence-electron chi connectivity index (χ1n) is 3.67. The van der Waals surface area contributed by atoms with Crippen LogP contribution in [0.15, 0.2) is 17.0 Å². The van der Waals surface area contributed by atoms with Crippen LogP contribution in [-0.4, -0.2) is 5.11 Å². The van der Waals surface area contributed by atoms with Crippen LogP contribution in [0.5, 0.6) is 5.75 Å². The predicted octanol–water partition coefficient (Wildman–Crippen LogP) is 2.55. The standard InChI is InChI=1S/C9H12OS/c1-3-7-6(2)8(10)4-5-9(7)11/h4-5,10-11H,3H2,1-2H3. The summed E-state index contributed by atoms with van der Waals surface area (Å²) in [7, 11) is 0. The monoisotopic (exact) mass is 168 g/mol. The van der Waals surface area contributed by atoms with Gasteiger partial charge in [0.15, 0.2) is 0 Å². The van der Waals surface area contributed by atoms with E-state index in [1.54, 1.807) is 6.07 Å². The Morgan fingerprint density at radius 2 is 2.09 bits per heavy atom. The Labute approximate surface area is 72.5 Å². The van der Waals surface area contributed by atoms with Gasteiger partial charge < -0.3 is 5.11 Å². The van der Waals surface area contributed by atoms with E-state index >= 15 is 0 Å². The van der Waals surface area contributed by atoms with Crippen molar-refractivity contribution >= 4 is 12.6 Å². The Morgan fingerprint density at radius 1 is 1.45 bits per heavy atom. The fraction of sp³-hybridized carbons (Fsp3) is 0.333. The van der Waals surface area contributed by atoms with Gasteiger partial charge in [-0.25, -0.2) is 0 Å². The summed E-state index contributed by atoms with van der Waals surface area (Å²) in [6, 6.07) is 3.50. The van der Waals surface area contributed by atoms with Crippen LogP contribution in [0.1, 0.15) is 18.1 Å². The molecule has 60 valence electrons. The topological polar surface area (TPSA) is 20.2 Å². The summed E-state index contributed by atoms with van der Waals surface area (Å²) in [6.07, 6.45) is 0.916. The first kappa shape index (κ1) is 8.47. The van der Waals surface area contributed by atoms with Gasteiger partial charge in [0, 0.05) is 4.90 Å². The Balaban J connectivity index is 3.29. The van der Waals surface area contributed by atoms with Gasteiger partial charge in [0.2, 0.25) is 0 Å². The van der Waals surface area contributed by atoms with Gasteiger partial charge >= 0.3 is 0 Å². The smallest absolute Gasteiger partial charge is 0.118 e. The highest BCUT2D eigenvalue weighted by Crippen LogP contribution is 2.25. The predicted molar refractivity (Wildman–Crippen MR) is 49.5 cm³/mol. The molecular weight excluding hydrogens is 156 g/mol. The van der Waals surface area contributed by atoms with Crippen LogP contribution < -0.4 is 0 Å². The zero-order chi connectivity index (χ0) is 8.43. The van der Waals surface area contributed by atoms with Crippen molar-refractivity contribution in [1.29, 1.82) is 0 Å². The zero-order valence-corrected chi connectivity index (χ0v) is 7.65. The molecule has 1 N–H and O–H groups in total. The van der Waals surface area contributed by atoms with Crippen LogP contribution in [0, 0.1) is 6.92 Å². The van der Waals surface area contributed by atoms with Gasteiger partial charge in [-0.2, -0.15) is 0 Å². The Kier molecular flexibility index (Phi) is 2.45. The van der Waals surface area contributed by atoms with Crippen molar-refractivity contribution in [2.24, 2.45) is 0 Å².